The lowest BCUT2D eigenvalue weighted by molar-refractivity contribution is -0.0368. The first-order valence-electron chi connectivity index (χ1n) is 13.7. The Bertz CT molecular complexity index is 1530. The minimum Gasteiger partial charge on any atom is -0.356 e. The molecule has 1 unspecified atom stereocenters. The molecule has 1 aromatic heterocycles. The van der Waals surface area contributed by atoms with Crippen molar-refractivity contribution >= 4 is 32.5 Å². The van der Waals surface area contributed by atoms with E-state index in [2.05, 4.69) is 153 Å². The number of benzene rings is 4. The fourth-order valence-electron chi connectivity index (χ4n) is 5.98. The number of nitrogens with one attached hydrogen (secondary N) is 1. The number of rotatable bonds is 6. The molecule has 6 nitrogen and oxygen atoms in total. The molecule has 0 bridgehead atoms. The van der Waals surface area contributed by atoms with Gasteiger partial charge in [-0.2, -0.15) is 5.10 Å². The van der Waals surface area contributed by atoms with Gasteiger partial charge >= 0.3 is 0 Å². The van der Waals surface area contributed by atoms with Crippen molar-refractivity contribution in [3.63, 3.8) is 0 Å². The maximum Gasteiger partial charge on any atom is 0.150 e. The van der Waals surface area contributed by atoms with Gasteiger partial charge in [0.05, 0.1) is 11.2 Å². The lowest BCUT2D eigenvalue weighted by Gasteiger charge is -2.43. The molecule has 0 aliphatic carbocycles. The van der Waals surface area contributed by atoms with Gasteiger partial charge in [0.1, 0.15) is 10.1 Å². The lowest BCUT2D eigenvalue weighted by Crippen LogP contribution is -2.53. The van der Waals surface area contributed by atoms with Crippen LogP contribution in [0.25, 0.3) is 10.9 Å². The average Bonchev–Trinajstić information content (AvgIpc) is 3.65. The molecule has 3 heterocycles. The molecule has 7 rings (SSSR count). The minimum atomic E-state index is -0.608. The van der Waals surface area contributed by atoms with Crippen LogP contribution < -0.4 is 10.5 Å². The van der Waals surface area contributed by atoms with Gasteiger partial charge in [0, 0.05) is 24.4 Å². The summed E-state index contributed by atoms with van der Waals surface area (Å²) < 4.78 is 8.88. The predicted octanol–water partition coefficient (Wildman–Crippen LogP) is 7.50. The van der Waals surface area contributed by atoms with E-state index in [4.69, 9.17) is 9.84 Å². The van der Waals surface area contributed by atoms with Crippen molar-refractivity contribution in [2.75, 3.05) is 11.6 Å². The second-order valence-electron chi connectivity index (χ2n) is 10.2. The predicted molar refractivity (Wildman–Crippen MR) is 162 cm³/mol. The maximum absolute atomic E-state index is 6.03. The molecule has 0 radical (unpaired) electrons. The summed E-state index contributed by atoms with van der Waals surface area (Å²) in [6.07, 6.45) is 7.43. The Morgan fingerprint density at radius 1 is 0.775 bits per heavy atom. The molecular weight excluding hydrogens is 562 g/mol. The number of hydrogen-bond acceptors (Lipinski definition) is 5. The summed E-state index contributed by atoms with van der Waals surface area (Å²) in [5.74, 6) is 0. The van der Waals surface area contributed by atoms with Gasteiger partial charge in [-0.1, -0.05) is 91.0 Å². The third-order valence-corrected chi connectivity index (χ3v) is 8.45. The zero-order chi connectivity index (χ0) is 26.9. The van der Waals surface area contributed by atoms with E-state index in [0.29, 0.717) is 0 Å². The number of hydrazine groups is 2. The number of ether oxygens (including phenoxy) is 1. The highest BCUT2D eigenvalue weighted by Crippen LogP contribution is 2.43. The Labute approximate surface area is 242 Å². The average molecular weight is 593 g/mol. The first-order valence-corrected chi connectivity index (χ1v) is 14.5. The molecule has 2 aliphatic heterocycles. The zero-order valence-corrected chi connectivity index (χ0v) is 23.6. The van der Waals surface area contributed by atoms with E-state index in [9.17, 15) is 0 Å². The summed E-state index contributed by atoms with van der Waals surface area (Å²) in [6, 6.07) is 38.4. The molecule has 5 aromatic rings. The van der Waals surface area contributed by atoms with Gasteiger partial charge < -0.3 is 4.74 Å². The number of anilines is 1. The molecule has 0 spiro atoms. The quantitative estimate of drug-likeness (QED) is 0.207. The van der Waals surface area contributed by atoms with E-state index in [1.54, 1.807) is 0 Å². The van der Waals surface area contributed by atoms with Crippen LogP contribution in [-0.2, 0) is 10.3 Å². The largest absolute Gasteiger partial charge is 0.356 e. The van der Waals surface area contributed by atoms with Crippen molar-refractivity contribution in [2.45, 2.75) is 31.0 Å². The molecule has 200 valence electrons. The highest BCUT2D eigenvalue weighted by molar-refractivity contribution is 9.10. The smallest absolute Gasteiger partial charge is 0.150 e. The number of halogens is 1. The van der Waals surface area contributed by atoms with Crippen LogP contribution in [0.5, 0.6) is 0 Å². The summed E-state index contributed by atoms with van der Waals surface area (Å²) in [7, 11) is 0. The van der Waals surface area contributed by atoms with E-state index >= 15 is 0 Å². The number of aromatic nitrogens is 2. The van der Waals surface area contributed by atoms with Crippen molar-refractivity contribution in [2.24, 2.45) is 0 Å². The highest BCUT2D eigenvalue weighted by Gasteiger charge is 2.43. The van der Waals surface area contributed by atoms with E-state index in [-0.39, 0.29) is 6.23 Å². The summed E-state index contributed by atoms with van der Waals surface area (Å²) in [5, 5.41) is 10.1. The lowest BCUT2D eigenvalue weighted by atomic mass is 9.76. The zero-order valence-electron chi connectivity index (χ0n) is 22.0. The summed E-state index contributed by atoms with van der Waals surface area (Å²) in [6.45, 7) is 0.784. The van der Waals surface area contributed by atoms with Crippen molar-refractivity contribution in [3.05, 3.63) is 143 Å². The molecule has 0 amide bonds. The molecule has 2 aliphatic rings. The van der Waals surface area contributed by atoms with Crippen LogP contribution in [0.1, 0.15) is 42.2 Å². The molecule has 7 heteroatoms. The minimum absolute atomic E-state index is 0.0167. The van der Waals surface area contributed by atoms with E-state index in [1.165, 1.54) is 16.7 Å². The second-order valence-corrected chi connectivity index (χ2v) is 11.0. The topological polar surface area (TPSA) is 45.6 Å². The van der Waals surface area contributed by atoms with E-state index in [1.807, 2.05) is 4.68 Å². The van der Waals surface area contributed by atoms with Crippen molar-refractivity contribution in [1.29, 1.82) is 0 Å². The SMILES string of the molecule is Brc1nn(C2CCCCO2)c2ccc(N3C=CN(C(c4ccccc4)(c4ccccc4)c4ccccc4)N3)cc12. The normalized spacial score (nSPS) is 17.6. The standard InChI is InChI=1S/C33H30BrN5O/c34-32-29-24-28(19-20-30(29)39(35-32)31-18-10-11-23-40-31)37-21-22-38(36-37)33(25-12-4-1-5-13-25,26-14-6-2-7-15-26)27-16-8-3-9-17-27/h1-9,12-17,19-22,24,31,36H,10-11,18,23H2. The Kier molecular flexibility index (Phi) is 6.63. The monoisotopic (exact) mass is 591 g/mol. The van der Waals surface area contributed by atoms with Gasteiger partial charge in [0.15, 0.2) is 6.23 Å². The van der Waals surface area contributed by atoms with Gasteiger partial charge in [-0.25, -0.2) is 4.68 Å². The van der Waals surface area contributed by atoms with Crippen LogP contribution in [0.15, 0.2) is 126 Å². The first kappa shape index (κ1) is 25.1. The molecule has 1 fully saturated rings. The fraction of sp³-hybridized carbons (Fsp3) is 0.182. The van der Waals surface area contributed by atoms with Crippen molar-refractivity contribution in [1.82, 2.24) is 20.3 Å². The van der Waals surface area contributed by atoms with Crippen LogP contribution in [0.2, 0.25) is 0 Å². The molecule has 1 N–H and O–H groups in total. The van der Waals surface area contributed by atoms with Crippen molar-refractivity contribution < 1.29 is 4.74 Å². The molecule has 1 saturated heterocycles. The van der Waals surface area contributed by atoms with Crippen LogP contribution >= 0.6 is 15.9 Å². The summed E-state index contributed by atoms with van der Waals surface area (Å²) in [4.78, 5) is 0. The van der Waals surface area contributed by atoms with Crippen LogP contribution in [0.3, 0.4) is 0 Å². The molecular formula is C33H30BrN5O. The number of fused-ring (bicyclic) bond motifs is 1. The Morgan fingerprint density at radius 3 is 1.98 bits per heavy atom. The molecule has 1 atom stereocenters. The fourth-order valence-corrected chi connectivity index (χ4v) is 6.47. The van der Waals surface area contributed by atoms with Crippen LogP contribution in [-0.4, -0.2) is 21.4 Å². The summed E-state index contributed by atoms with van der Waals surface area (Å²) >= 11 is 3.71. The van der Waals surface area contributed by atoms with Gasteiger partial charge in [0.25, 0.3) is 0 Å². The Morgan fingerprint density at radius 2 is 1.40 bits per heavy atom. The Balaban J connectivity index is 1.29. The molecule has 4 aromatic carbocycles. The maximum atomic E-state index is 6.03. The number of hydrogen-bond donors (Lipinski definition) is 1. The van der Waals surface area contributed by atoms with Crippen LogP contribution in [0, 0.1) is 0 Å². The molecule has 0 saturated carbocycles. The van der Waals surface area contributed by atoms with Gasteiger partial charge in [-0.05, 0) is 70.1 Å². The Hall–Kier alpha value is -3.91. The summed E-state index contributed by atoms with van der Waals surface area (Å²) in [5.41, 5.74) is 8.65. The molecule has 40 heavy (non-hydrogen) atoms. The third-order valence-electron chi connectivity index (χ3n) is 7.87. The first-order chi connectivity index (χ1) is 19.7. The number of nitrogens with zero attached hydrogens (tertiary/aromatic N) is 4. The van der Waals surface area contributed by atoms with Gasteiger partial charge in [-0.15, -0.1) is 5.53 Å². The second kappa shape index (κ2) is 10.6. The van der Waals surface area contributed by atoms with E-state index < -0.39 is 5.54 Å². The van der Waals surface area contributed by atoms with Gasteiger partial charge in [0.2, 0.25) is 0 Å². The van der Waals surface area contributed by atoms with Gasteiger partial charge in [-0.3, -0.25) is 10.0 Å². The van der Waals surface area contributed by atoms with Crippen molar-refractivity contribution in [3.8, 4) is 0 Å². The van der Waals surface area contributed by atoms with E-state index in [0.717, 1.165) is 47.1 Å². The van der Waals surface area contributed by atoms with Crippen LogP contribution in [0.4, 0.5) is 5.69 Å². The highest BCUT2D eigenvalue weighted by atomic mass is 79.9. The third kappa shape index (κ3) is 4.22.